The van der Waals surface area contributed by atoms with Gasteiger partial charge in [0.2, 0.25) is 0 Å². The molecule has 1 aliphatic rings. The third-order valence-corrected chi connectivity index (χ3v) is 4.59. The van der Waals surface area contributed by atoms with Crippen LogP contribution >= 0.6 is 0 Å². The molecule has 2 unspecified atom stereocenters. The number of non-ortho nitro benzene ring substituents is 1. The Morgan fingerprint density at radius 1 is 1.32 bits per heavy atom. The fourth-order valence-corrected chi connectivity index (χ4v) is 3.01. The fourth-order valence-electron chi connectivity index (χ4n) is 3.01. The van der Waals surface area contributed by atoms with Gasteiger partial charge in [-0.15, -0.1) is 0 Å². The Kier molecular flexibility index (Phi) is 4.73. The van der Waals surface area contributed by atoms with E-state index < -0.39 is 27.4 Å². The summed E-state index contributed by atoms with van der Waals surface area (Å²) in [5.74, 6) is -1.34. The summed E-state index contributed by atoms with van der Waals surface area (Å²) in [6.45, 7) is 5.44. The summed E-state index contributed by atoms with van der Waals surface area (Å²) < 4.78 is 0. The highest BCUT2D eigenvalue weighted by molar-refractivity contribution is 5.86. The van der Waals surface area contributed by atoms with Gasteiger partial charge in [0.1, 0.15) is 5.69 Å². The van der Waals surface area contributed by atoms with Gasteiger partial charge < -0.3 is 5.11 Å². The van der Waals surface area contributed by atoms with Crippen molar-refractivity contribution in [3.8, 4) is 0 Å². The molecule has 0 heterocycles. The number of rotatable bonds is 7. The first-order valence-electron chi connectivity index (χ1n) is 7.50. The van der Waals surface area contributed by atoms with Crippen LogP contribution in [0.5, 0.6) is 0 Å². The van der Waals surface area contributed by atoms with Crippen molar-refractivity contribution in [3.05, 3.63) is 38.4 Å². The summed E-state index contributed by atoms with van der Waals surface area (Å²) in [5, 5.41) is 35.0. The standard InChI is InChI=1S/C15H18N4O6/c1-8(6-10-13(14(20)21)15(10,2)3)16-17-11-5-4-9(18(22)23)7-12(11)19(24)25/h4-5,7,10,13,17H,6H2,1-3H3,(H,20,21)/b16-8+. The second-order valence-electron chi connectivity index (χ2n) is 6.62. The van der Waals surface area contributed by atoms with E-state index in [0.29, 0.717) is 12.1 Å². The molecule has 1 saturated carbocycles. The number of carboxylic acid groups (broad SMARTS) is 1. The SMILES string of the molecule is C/C(CC1C(C(=O)O)C1(C)C)=N\Nc1ccc([N+](=O)[O-])cc1[N+](=O)[O-]. The Morgan fingerprint density at radius 2 is 1.96 bits per heavy atom. The van der Waals surface area contributed by atoms with Gasteiger partial charge in [0.25, 0.3) is 5.69 Å². The molecular weight excluding hydrogens is 332 g/mol. The van der Waals surface area contributed by atoms with E-state index >= 15 is 0 Å². The Labute approximate surface area is 142 Å². The first-order valence-corrected chi connectivity index (χ1v) is 7.50. The summed E-state index contributed by atoms with van der Waals surface area (Å²) in [6.07, 6.45) is 0.442. The maximum atomic E-state index is 11.2. The number of hydrogen-bond acceptors (Lipinski definition) is 7. The number of nitro benzene ring substituents is 2. The number of aliphatic carboxylic acids is 1. The molecule has 0 aromatic heterocycles. The van der Waals surface area contributed by atoms with Crippen LogP contribution in [0.3, 0.4) is 0 Å². The highest BCUT2D eigenvalue weighted by atomic mass is 16.6. The summed E-state index contributed by atoms with van der Waals surface area (Å²) in [6, 6.07) is 3.22. The van der Waals surface area contributed by atoms with Gasteiger partial charge in [0, 0.05) is 11.8 Å². The van der Waals surface area contributed by atoms with E-state index in [2.05, 4.69) is 10.5 Å². The van der Waals surface area contributed by atoms with Crippen LogP contribution in [0.4, 0.5) is 17.1 Å². The van der Waals surface area contributed by atoms with Gasteiger partial charge in [-0.2, -0.15) is 5.10 Å². The number of anilines is 1. The smallest absolute Gasteiger partial charge is 0.307 e. The molecule has 0 bridgehead atoms. The summed E-state index contributed by atoms with van der Waals surface area (Å²) in [4.78, 5) is 31.5. The number of benzene rings is 1. The number of carbonyl (C=O) groups is 1. The number of hydrazone groups is 1. The molecule has 2 rings (SSSR count). The minimum absolute atomic E-state index is 0.0276. The van der Waals surface area contributed by atoms with Crippen LogP contribution in [0.1, 0.15) is 27.2 Å². The molecule has 1 aromatic rings. The van der Waals surface area contributed by atoms with Gasteiger partial charge in [-0.05, 0) is 30.7 Å². The average Bonchev–Trinajstić information content (AvgIpc) is 3.05. The lowest BCUT2D eigenvalue weighted by Gasteiger charge is -2.05. The Balaban J connectivity index is 2.12. The van der Waals surface area contributed by atoms with E-state index in [1.165, 1.54) is 6.07 Å². The lowest BCUT2D eigenvalue weighted by molar-refractivity contribution is -0.393. The van der Waals surface area contributed by atoms with E-state index in [-0.39, 0.29) is 22.7 Å². The predicted octanol–water partition coefficient (Wildman–Crippen LogP) is 3.04. The number of hydrogen-bond donors (Lipinski definition) is 2. The molecule has 1 fully saturated rings. The number of carboxylic acids is 1. The number of nitro groups is 2. The minimum Gasteiger partial charge on any atom is -0.481 e. The second kappa shape index (κ2) is 6.46. The van der Waals surface area contributed by atoms with Crippen LogP contribution in [0.25, 0.3) is 0 Å². The zero-order valence-electron chi connectivity index (χ0n) is 13.9. The molecule has 0 radical (unpaired) electrons. The first kappa shape index (κ1) is 18.3. The third-order valence-electron chi connectivity index (χ3n) is 4.59. The third kappa shape index (κ3) is 3.73. The van der Waals surface area contributed by atoms with Gasteiger partial charge in [0.15, 0.2) is 0 Å². The van der Waals surface area contributed by atoms with Crippen molar-refractivity contribution < 1.29 is 19.7 Å². The predicted molar refractivity (Wildman–Crippen MR) is 89.5 cm³/mol. The molecule has 10 nitrogen and oxygen atoms in total. The van der Waals surface area contributed by atoms with Crippen LogP contribution in [0, 0.1) is 37.5 Å². The van der Waals surface area contributed by atoms with Crippen LogP contribution in [-0.2, 0) is 4.79 Å². The topological polar surface area (TPSA) is 148 Å². The Hall–Kier alpha value is -3.04. The molecule has 0 saturated heterocycles. The molecule has 10 heteroatoms. The van der Waals surface area contributed by atoms with Gasteiger partial charge >= 0.3 is 11.7 Å². The molecule has 2 N–H and O–H groups in total. The van der Waals surface area contributed by atoms with Crippen molar-refractivity contribution in [3.63, 3.8) is 0 Å². The van der Waals surface area contributed by atoms with Crippen molar-refractivity contribution in [2.75, 3.05) is 5.43 Å². The van der Waals surface area contributed by atoms with Crippen LogP contribution in [-0.4, -0.2) is 26.6 Å². The first-order chi connectivity index (χ1) is 11.6. The van der Waals surface area contributed by atoms with E-state index in [1.54, 1.807) is 6.92 Å². The normalized spacial score (nSPS) is 21.5. The fraction of sp³-hybridized carbons (Fsp3) is 0.467. The van der Waals surface area contributed by atoms with Crippen LogP contribution < -0.4 is 5.43 Å². The zero-order valence-corrected chi connectivity index (χ0v) is 13.9. The van der Waals surface area contributed by atoms with E-state index in [4.69, 9.17) is 5.11 Å². The van der Waals surface area contributed by atoms with Crippen LogP contribution in [0.15, 0.2) is 23.3 Å². The zero-order chi connectivity index (χ0) is 18.9. The maximum Gasteiger partial charge on any atom is 0.307 e. The Morgan fingerprint density at radius 3 is 2.44 bits per heavy atom. The molecule has 1 aliphatic carbocycles. The average molecular weight is 350 g/mol. The lowest BCUT2D eigenvalue weighted by atomic mass is 10.1. The summed E-state index contributed by atoms with van der Waals surface area (Å²) >= 11 is 0. The Bertz CT molecular complexity index is 773. The van der Waals surface area contributed by atoms with Gasteiger partial charge in [-0.3, -0.25) is 30.4 Å². The molecule has 1 aromatic carbocycles. The molecule has 2 atom stereocenters. The van der Waals surface area contributed by atoms with E-state index in [0.717, 1.165) is 12.1 Å². The van der Waals surface area contributed by atoms with Gasteiger partial charge in [-0.25, -0.2) is 0 Å². The molecule has 0 aliphatic heterocycles. The van der Waals surface area contributed by atoms with Gasteiger partial charge in [0.05, 0.1) is 21.8 Å². The minimum atomic E-state index is -0.846. The molecular formula is C15H18N4O6. The van der Waals surface area contributed by atoms with Crippen molar-refractivity contribution in [1.29, 1.82) is 0 Å². The van der Waals surface area contributed by atoms with Gasteiger partial charge in [-0.1, -0.05) is 13.8 Å². The maximum absolute atomic E-state index is 11.2. The van der Waals surface area contributed by atoms with E-state index in [1.807, 2.05) is 13.8 Å². The number of nitrogens with zero attached hydrogens (tertiary/aromatic N) is 3. The highest BCUT2D eigenvalue weighted by Gasteiger charge is 2.61. The summed E-state index contributed by atoms with van der Waals surface area (Å²) in [5.41, 5.74) is 2.00. The second-order valence-corrected chi connectivity index (χ2v) is 6.62. The lowest BCUT2D eigenvalue weighted by Crippen LogP contribution is -2.05. The highest BCUT2D eigenvalue weighted by Crippen LogP contribution is 2.60. The molecule has 25 heavy (non-hydrogen) atoms. The monoisotopic (exact) mass is 350 g/mol. The van der Waals surface area contributed by atoms with Crippen LogP contribution in [0.2, 0.25) is 0 Å². The molecule has 134 valence electrons. The molecule has 0 amide bonds. The van der Waals surface area contributed by atoms with Crippen molar-refractivity contribution >= 4 is 28.7 Å². The quantitative estimate of drug-likeness (QED) is 0.436. The van der Waals surface area contributed by atoms with Crippen molar-refractivity contribution in [2.45, 2.75) is 27.2 Å². The van der Waals surface area contributed by atoms with E-state index in [9.17, 15) is 25.0 Å². The van der Waals surface area contributed by atoms with Crippen molar-refractivity contribution in [2.24, 2.45) is 22.4 Å². The number of nitrogens with one attached hydrogen (secondary N) is 1. The largest absolute Gasteiger partial charge is 0.481 e. The van der Waals surface area contributed by atoms with Crippen molar-refractivity contribution in [1.82, 2.24) is 0 Å². The molecule has 0 spiro atoms. The summed E-state index contributed by atoms with van der Waals surface area (Å²) in [7, 11) is 0.